The minimum atomic E-state index is -3.67. The fourth-order valence-corrected chi connectivity index (χ4v) is 4.75. The Labute approximate surface area is 135 Å². The second-order valence-electron chi connectivity index (χ2n) is 4.28. The van der Waals surface area contributed by atoms with E-state index in [-0.39, 0.29) is 10.8 Å². The molecule has 0 atom stereocenters. The molecule has 1 heterocycles. The van der Waals surface area contributed by atoms with Gasteiger partial charge >= 0.3 is 0 Å². The van der Waals surface area contributed by atoms with Crippen molar-refractivity contribution < 1.29 is 18.3 Å². The largest absolute Gasteiger partial charge is 0.496 e. The van der Waals surface area contributed by atoms with Crippen LogP contribution < -0.4 is 9.46 Å². The summed E-state index contributed by atoms with van der Waals surface area (Å²) in [5.74, 6) is 0.618. The molecule has 8 heteroatoms. The van der Waals surface area contributed by atoms with Crippen molar-refractivity contribution in [3.05, 3.63) is 39.2 Å². The predicted molar refractivity (Wildman–Crippen MR) is 86.5 cm³/mol. The van der Waals surface area contributed by atoms with Crippen molar-refractivity contribution in [2.75, 3.05) is 11.8 Å². The summed E-state index contributed by atoms with van der Waals surface area (Å²) in [5, 5.41) is 9.16. The Bertz CT molecular complexity index is 756. The third-order valence-corrected chi connectivity index (χ3v) is 6.51. The van der Waals surface area contributed by atoms with Gasteiger partial charge in [0.15, 0.2) is 0 Å². The van der Waals surface area contributed by atoms with Gasteiger partial charge < -0.3 is 9.84 Å². The SMILES string of the molecule is COc1ccc(NS(=O)(=O)c2cc(C)c(CO)s2)cc1Br. The first-order valence-corrected chi connectivity index (χ1v) is 9.03. The number of benzene rings is 1. The van der Waals surface area contributed by atoms with E-state index in [4.69, 9.17) is 9.84 Å². The highest BCUT2D eigenvalue weighted by Crippen LogP contribution is 2.31. The zero-order valence-corrected chi connectivity index (χ0v) is 14.6. The average Bonchev–Trinajstić information content (AvgIpc) is 2.80. The number of halogens is 1. The van der Waals surface area contributed by atoms with E-state index in [9.17, 15) is 8.42 Å². The van der Waals surface area contributed by atoms with Crippen LogP contribution in [0.15, 0.2) is 32.9 Å². The highest BCUT2D eigenvalue weighted by Gasteiger charge is 2.19. The first-order valence-electron chi connectivity index (χ1n) is 5.94. The van der Waals surface area contributed by atoms with Crippen LogP contribution in [0.1, 0.15) is 10.4 Å². The van der Waals surface area contributed by atoms with Gasteiger partial charge in [0.25, 0.3) is 10.0 Å². The van der Waals surface area contributed by atoms with Crippen molar-refractivity contribution in [1.29, 1.82) is 0 Å². The van der Waals surface area contributed by atoms with Gasteiger partial charge in [-0.3, -0.25) is 4.72 Å². The standard InChI is InChI=1S/C13H14BrNO4S2/c1-8-5-13(20-12(8)7-16)21(17,18)15-9-3-4-11(19-2)10(14)6-9/h3-6,15-16H,7H2,1-2H3. The summed E-state index contributed by atoms with van der Waals surface area (Å²) in [5.41, 5.74) is 1.19. The number of thiophene rings is 1. The summed E-state index contributed by atoms with van der Waals surface area (Å²) in [4.78, 5) is 0.645. The molecule has 0 aliphatic heterocycles. The lowest BCUT2D eigenvalue weighted by atomic mass is 10.3. The van der Waals surface area contributed by atoms with Crippen molar-refractivity contribution in [3.8, 4) is 5.75 Å². The molecule has 0 fully saturated rings. The second kappa shape index (κ2) is 6.35. The molecule has 0 amide bonds. The van der Waals surface area contributed by atoms with Crippen molar-refractivity contribution in [2.24, 2.45) is 0 Å². The smallest absolute Gasteiger partial charge is 0.271 e. The van der Waals surface area contributed by atoms with Crippen LogP contribution in [0.5, 0.6) is 5.75 Å². The minimum Gasteiger partial charge on any atom is -0.496 e. The molecule has 0 saturated heterocycles. The van der Waals surface area contributed by atoms with E-state index in [1.165, 1.54) is 7.11 Å². The molecule has 0 spiro atoms. The Kier molecular flexibility index (Phi) is 4.92. The van der Waals surface area contributed by atoms with Gasteiger partial charge in [-0.2, -0.15) is 0 Å². The number of sulfonamides is 1. The monoisotopic (exact) mass is 391 g/mol. The Morgan fingerprint density at radius 1 is 1.38 bits per heavy atom. The number of aliphatic hydroxyl groups excluding tert-OH is 1. The Morgan fingerprint density at radius 2 is 2.10 bits per heavy atom. The molecule has 21 heavy (non-hydrogen) atoms. The number of rotatable bonds is 5. The fourth-order valence-electron chi connectivity index (χ4n) is 1.71. The Morgan fingerprint density at radius 3 is 2.62 bits per heavy atom. The normalized spacial score (nSPS) is 11.4. The lowest BCUT2D eigenvalue weighted by Crippen LogP contribution is -2.11. The summed E-state index contributed by atoms with van der Waals surface area (Å²) in [6.45, 7) is 1.60. The van der Waals surface area contributed by atoms with Crippen LogP contribution in [0.4, 0.5) is 5.69 Å². The van der Waals surface area contributed by atoms with Gasteiger partial charge in [-0.1, -0.05) is 0 Å². The third-order valence-electron chi connectivity index (χ3n) is 2.81. The lowest BCUT2D eigenvalue weighted by molar-refractivity contribution is 0.285. The van der Waals surface area contributed by atoms with Gasteiger partial charge in [-0.15, -0.1) is 11.3 Å². The van der Waals surface area contributed by atoms with E-state index in [2.05, 4.69) is 20.7 Å². The van der Waals surface area contributed by atoms with Crippen LogP contribution >= 0.6 is 27.3 Å². The number of anilines is 1. The van der Waals surface area contributed by atoms with Crippen LogP contribution in [-0.4, -0.2) is 20.6 Å². The van der Waals surface area contributed by atoms with Gasteiger partial charge in [-0.05, 0) is 52.7 Å². The van der Waals surface area contributed by atoms with E-state index in [0.29, 0.717) is 20.8 Å². The summed E-state index contributed by atoms with van der Waals surface area (Å²) in [6.07, 6.45) is 0. The molecular formula is C13H14BrNO4S2. The zero-order chi connectivity index (χ0) is 15.6. The second-order valence-corrected chi connectivity index (χ2v) is 8.18. The van der Waals surface area contributed by atoms with Gasteiger partial charge in [0.2, 0.25) is 0 Å². The van der Waals surface area contributed by atoms with Gasteiger partial charge in [-0.25, -0.2) is 8.42 Å². The highest BCUT2D eigenvalue weighted by atomic mass is 79.9. The van der Waals surface area contributed by atoms with E-state index in [1.54, 1.807) is 31.2 Å². The van der Waals surface area contributed by atoms with E-state index < -0.39 is 10.0 Å². The molecule has 1 aromatic heterocycles. The first kappa shape index (κ1) is 16.3. The topological polar surface area (TPSA) is 75.6 Å². The molecule has 5 nitrogen and oxygen atoms in total. The summed E-state index contributed by atoms with van der Waals surface area (Å²) >= 11 is 4.37. The van der Waals surface area contributed by atoms with Crippen molar-refractivity contribution in [2.45, 2.75) is 17.7 Å². The predicted octanol–water partition coefficient (Wildman–Crippen LogP) is 3.12. The summed E-state index contributed by atoms with van der Waals surface area (Å²) in [7, 11) is -2.13. The Balaban J connectivity index is 2.30. The summed E-state index contributed by atoms with van der Waals surface area (Å²) in [6, 6.07) is 6.47. The third kappa shape index (κ3) is 3.57. The molecule has 0 bridgehead atoms. The number of hydrogen-bond donors (Lipinski definition) is 2. The van der Waals surface area contributed by atoms with Crippen LogP contribution in [0, 0.1) is 6.92 Å². The molecule has 114 valence electrons. The lowest BCUT2D eigenvalue weighted by Gasteiger charge is -2.08. The number of ether oxygens (including phenoxy) is 1. The fraction of sp³-hybridized carbons (Fsp3) is 0.231. The quantitative estimate of drug-likeness (QED) is 0.820. The molecule has 2 aromatic rings. The van der Waals surface area contributed by atoms with Crippen molar-refractivity contribution in [3.63, 3.8) is 0 Å². The number of nitrogens with one attached hydrogen (secondary N) is 1. The van der Waals surface area contributed by atoms with Crippen molar-refractivity contribution in [1.82, 2.24) is 0 Å². The summed E-state index contributed by atoms with van der Waals surface area (Å²) < 4.78 is 33.1. The maximum atomic E-state index is 12.3. The van der Waals surface area contributed by atoms with Crippen molar-refractivity contribution >= 4 is 43.0 Å². The maximum absolute atomic E-state index is 12.3. The molecule has 0 unspecified atom stereocenters. The zero-order valence-electron chi connectivity index (χ0n) is 11.4. The average molecular weight is 392 g/mol. The molecular weight excluding hydrogens is 378 g/mol. The molecule has 0 aliphatic carbocycles. The maximum Gasteiger partial charge on any atom is 0.271 e. The van der Waals surface area contributed by atoms with Gasteiger partial charge in [0.05, 0.1) is 23.9 Å². The first-order chi connectivity index (χ1) is 9.87. The minimum absolute atomic E-state index is 0.167. The van der Waals surface area contributed by atoms with E-state index in [0.717, 1.165) is 16.9 Å². The molecule has 1 aromatic carbocycles. The molecule has 2 rings (SSSR count). The van der Waals surface area contributed by atoms with Crippen LogP contribution in [0.3, 0.4) is 0 Å². The van der Waals surface area contributed by atoms with E-state index in [1.807, 2.05) is 0 Å². The molecule has 0 radical (unpaired) electrons. The van der Waals surface area contributed by atoms with Crippen LogP contribution in [0.25, 0.3) is 0 Å². The molecule has 2 N–H and O–H groups in total. The molecule has 0 saturated carbocycles. The Hall–Kier alpha value is -1.09. The highest BCUT2D eigenvalue weighted by molar-refractivity contribution is 9.10. The number of methoxy groups -OCH3 is 1. The van der Waals surface area contributed by atoms with Crippen LogP contribution in [-0.2, 0) is 16.6 Å². The van der Waals surface area contributed by atoms with Gasteiger partial charge in [0.1, 0.15) is 9.96 Å². The van der Waals surface area contributed by atoms with E-state index >= 15 is 0 Å². The number of aryl methyl sites for hydroxylation is 1. The number of hydrogen-bond acceptors (Lipinski definition) is 5. The van der Waals surface area contributed by atoms with Crippen LogP contribution in [0.2, 0.25) is 0 Å². The van der Waals surface area contributed by atoms with Gasteiger partial charge in [0, 0.05) is 4.88 Å². The molecule has 0 aliphatic rings. The number of aliphatic hydroxyl groups is 1.